The van der Waals surface area contributed by atoms with Crippen LogP contribution in [0, 0.1) is 6.92 Å². The van der Waals surface area contributed by atoms with Crippen LogP contribution < -0.4 is 10.6 Å². The number of aromatic nitrogens is 2. The molecule has 1 aliphatic rings. The molecule has 0 aromatic carbocycles. The van der Waals surface area contributed by atoms with Crippen molar-refractivity contribution in [3.8, 4) is 0 Å². The van der Waals surface area contributed by atoms with Crippen LogP contribution in [0.3, 0.4) is 0 Å². The molecule has 0 saturated heterocycles. The molecule has 0 bridgehead atoms. The topological polar surface area (TPSA) is 41.9 Å². The fraction of sp³-hybridized carbons (Fsp3) is 0.625. The van der Waals surface area contributed by atoms with E-state index in [1.54, 1.807) is 0 Å². The standard InChI is InChI=1S/C8H14N4/c1-6-7-8(12(2)11-6)10-5-3-4-9-7/h9-10H,3-5H2,1-2H3. The summed E-state index contributed by atoms with van der Waals surface area (Å²) in [4.78, 5) is 0. The van der Waals surface area contributed by atoms with Crippen LogP contribution in [0.25, 0.3) is 0 Å². The summed E-state index contributed by atoms with van der Waals surface area (Å²) in [5, 5.41) is 11.0. The van der Waals surface area contributed by atoms with E-state index in [9.17, 15) is 0 Å². The third-order valence-electron chi connectivity index (χ3n) is 2.17. The van der Waals surface area contributed by atoms with E-state index < -0.39 is 0 Å². The van der Waals surface area contributed by atoms with Crippen molar-refractivity contribution in [1.82, 2.24) is 9.78 Å². The smallest absolute Gasteiger partial charge is 0.147 e. The fourth-order valence-corrected chi connectivity index (χ4v) is 1.58. The van der Waals surface area contributed by atoms with Crippen molar-refractivity contribution in [3.63, 3.8) is 0 Å². The first kappa shape index (κ1) is 7.46. The van der Waals surface area contributed by atoms with Crippen LogP contribution in [0.1, 0.15) is 12.1 Å². The maximum Gasteiger partial charge on any atom is 0.147 e. The van der Waals surface area contributed by atoms with Gasteiger partial charge in [-0.2, -0.15) is 5.10 Å². The Balaban J connectivity index is 2.44. The Kier molecular flexibility index (Phi) is 1.67. The highest BCUT2D eigenvalue weighted by molar-refractivity contribution is 5.68. The van der Waals surface area contributed by atoms with E-state index >= 15 is 0 Å². The first-order valence-electron chi connectivity index (χ1n) is 4.30. The molecule has 1 aliphatic heterocycles. The van der Waals surface area contributed by atoms with Gasteiger partial charge in [-0.15, -0.1) is 0 Å². The Bertz CT molecular complexity index is 263. The van der Waals surface area contributed by atoms with Gasteiger partial charge in [0.15, 0.2) is 0 Å². The Labute approximate surface area is 72.0 Å². The van der Waals surface area contributed by atoms with Gasteiger partial charge in [0.2, 0.25) is 0 Å². The number of aryl methyl sites for hydroxylation is 2. The maximum atomic E-state index is 4.33. The molecule has 0 spiro atoms. The van der Waals surface area contributed by atoms with Crippen molar-refractivity contribution in [3.05, 3.63) is 5.69 Å². The summed E-state index contributed by atoms with van der Waals surface area (Å²) in [6, 6.07) is 0. The molecule has 4 heteroatoms. The zero-order chi connectivity index (χ0) is 8.55. The van der Waals surface area contributed by atoms with Gasteiger partial charge >= 0.3 is 0 Å². The first-order chi connectivity index (χ1) is 5.79. The van der Waals surface area contributed by atoms with E-state index in [-0.39, 0.29) is 0 Å². The molecule has 66 valence electrons. The molecule has 2 N–H and O–H groups in total. The minimum absolute atomic E-state index is 1.03. The lowest BCUT2D eigenvalue weighted by atomic mass is 10.4. The Hall–Kier alpha value is -1.19. The van der Waals surface area contributed by atoms with E-state index in [0.717, 1.165) is 36.7 Å². The van der Waals surface area contributed by atoms with Crippen LogP contribution in [0.4, 0.5) is 11.5 Å². The fourth-order valence-electron chi connectivity index (χ4n) is 1.58. The zero-order valence-electron chi connectivity index (χ0n) is 7.52. The maximum absolute atomic E-state index is 4.33. The Morgan fingerprint density at radius 3 is 2.92 bits per heavy atom. The largest absolute Gasteiger partial charge is 0.380 e. The number of hydrogen-bond donors (Lipinski definition) is 2. The zero-order valence-corrected chi connectivity index (χ0v) is 7.52. The number of nitrogens with one attached hydrogen (secondary N) is 2. The van der Waals surface area contributed by atoms with Gasteiger partial charge in [-0.25, -0.2) is 0 Å². The van der Waals surface area contributed by atoms with Gasteiger partial charge in [0, 0.05) is 20.1 Å². The SMILES string of the molecule is Cc1nn(C)c2c1NCCCN2. The lowest BCUT2D eigenvalue weighted by Crippen LogP contribution is -2.05. The molecule has 0 atom stereocenters. The summed E-state index contributed by atoms with van der Waals surface area (Å²) in [5.41, 5.74) is 2.23. The normalized spacial score (nSPS) is 15.8. The molecule has 1 aromatic heterocycles. The molecule has 4 nitrogen and oxygen atoms in total. The average Bonchev–Trinajstić information content (AvgIpc) is 2.29. The second kappa shape index (κ2) is 2.69. The van der Waals surface area contributed by atoms with Crippen molar-refractivity contribution >= 4 is 11.5 Å². The van der Waals surface area contributed by atoms with Gasteiger partial charge in [-0.1, -0.05) is 0 Å². The monoisotopic (exact) mass is 166 g/mol. The van der Waals surface area contributed by atoms with Crippen molar-refractivity contribution in [2.75, 3.05) is 23.7 Å². The highest BCUT2D eigenvalue weighted by Gasteiger charge is 2.14. The Morgan fingerprint density at radius 1 is 1.33 bits per heavy atom. The van der Waals surface area contributed by atoms with Gasteiger partial charge in [0.25, 0.3) is 0 Å². The Morgan fingerprint density at radius 2 is 2.08 bits per heavy atom. The van der Waals surface area contributed by atoms with Gasteiger partial charge in [0.1, 0.15) is 11.5 Å². The second-order valence-corrected chi connectivity index (χ2v) is 3.14. The highest BCUT2D eigenvalue weighted by atomic mass is 15.3. The molecule has 0 fully saturated rings. The summed E-state index contributed by atoms with van der Waals surface area (Å²) in [7, 11) is 1.96. The molecule has 2 rings (SSSR count). The minimum Gasteiger partial charge on any atom is -0.380 e. The van der Waals surface area contributed by atoms with E-state index in [1.807, 2.05) is 18.7 Å². The van der Waals surface area contributed by atoms with Gasteiger partial charge < -0.3 is 10.6 Å². The number of fused-ring (bicyclic) bond motifs is 1. The van der Waals surface area contributed by atoms with Crippen molar-refractivity contribution in [2.24, 2.45) is 7.05 Å². The molecule has 0 saturated carbocycles. The summed E-state index contributed by atoms with van der Waals surface area (Å²) >= 11 is 0. The van der Waals surface area contributed by atoms with Gasteiger partial charge in [-0.05, 0) is 13.3 Å². The molecule has 0 unspecified atom stereocenters. The number of anilines is 2. The lowest BCUT2D eigenvalue weighted by molar-refractivity contribution is 0.755. The van der Waals surface area contributed by atoms with Crippen molar-refractivity contribution < 1.29 is 0 Å². The summed E-state index contributed by atoms with van der Waals surface area (Å²) in [6.07, 6.45) is 1.16. The van der Waals surface area contributed by atoms with E-state index in [2.05, 4.69) is 15.7 Å². The van der Waals surface area contributed by atoms with E-state index in [1.165, 1.54) is 0 Å². The second-order valence-electron chi connectivity index (χ2n) is 3.14. The third-order valence-corrected chi connectivity index (χ3v) is 2.17. The third kappa shape index (κ3) is 1.03. The quantitative estimate of drug-likeness (QED) is 0.603. The van der Waals surface area contributed by atoms with Crippen LogP contribution >= 0.6 is 0 Å². The molecular weight excluding hydrogens is 152 g/mol. The average molecular weight is 166 g/mol. The van der Waals surface area contributed by atoms with E-state index in [0.29, 0.717) is 0 Å². The number of hydrogen-bond acceptors (Lipinski definition) is 3. The van der Waals surface area contributed by atoms with Crippen LogP contribution in [-0.4, -0.2) is 22.9 Å². The molecular formula is C8H14N4. The molecule has 12 heavy (non-hydrogen) atoms. The van der Waals surface area contributed by atoms with Gasteiger partial charge in [0.05, 0.1) is 5.69 Å². The van der Waals surface area contributed by atoms with Crippen molar-refractivity contribution in [1.29, 1.82) is 0 Å². The minimum atomic E-state index is 1.03. The van der Waals surface area contributed by atoms with Crippen LogP contribution in [0.5, 0.6) is 0 Å². The predicted octanol–water partition coefficient (Wildman–Crippen LogP) is 0.956. The molecule has 0 amide bonds. The molecule has 0 aliphatic carbocycles. The first-order valence-corrected chi connectivity index (χ1v) is 4.30. The number of rotatable bonds is 0. The summed E-state index contributed by atoms with van der Waals surface area (Å²) < 4.78 is 1.89. The molecule has 2 heterocycles. The van der Waals surface area contributed by atoms with Crippen molar-refractivity contribution in [2.45, 2.75) is 13.3 Å². The summed E-state index contributed by atoms with van der Waals surface area (Å²) in [6.45, 7) is 4.09. The lowest BCUT2D eigenvalue weighted by Gasteiger charge is -2.03. The summed E-state index contributed by atoms with van der Waals surface area (Å²) in [5.74, 6) is 1.12. The number of nitrogens with zero attached hydrogens (tertiary/aromatic N) is 2. The van der Waals surface area contributed by atoms with Crippen LogP contribution in [0.2, 0.25) is 0 Å². The van der Waals surface area contributed by atoms with E-state index in [4.69, 9.17) is 0 Å². The highest BCUT2D eigenvalue weighted by Crippen LogP contribution is 2.26. The van der Waals surface area contributed by atoms with Crippen LogP contribution in [0.15, 0.2) is 0 Å². The predicted molar refractivity (Wildman–Crippen MR) is 49.5 cm³/mol. The van der Waals surface area contributed by atoms with Crippen LogP contribution in [-0.2, 0) is 7.05 Å². The molecule has 0 radical (unpaired) electrons. The molecule has 1 aromatic rings. The van der Waals surface area contributed by atoms with Gasteiger partial charge in [-0.3, -0.25) is 4.68 Å².